The predicted octanol–water partition coefficient (Wildman–Crippen LogP) is 5.08. The summed E-state index contributed by atoms with van der Waals surface area (Å²) in [5, 5.41) is 29.3. The van der Waals surface area contributed by atoms with Crippen molar-refractivity contribution in [3.8, 4) is 17.6 Å². The summed E-state index contributed by atoms with van der Waals surface area (Å²) in [6, 6.07) is 19.1. The van der Waals surface area contributed by atoms with E-state index in [9.17, 15) is 23.9 Å². The molecule has 0 aliphatic carbocycles. The van der Waals surface area contributed by atoms with E-state index < -0.39 is 17.5 Å². The highest BCUT2D eigenvalue weighted by molar-refractivity contribution is 5.74. The number of likely N-dealkylation sites (tertiary alicyclic amines) is 1. The fourth-order valence-corrected chi connectivity index (χ4v) is 5.46. The van der Waals surface area contributed by atoms with E-state index >= 15 is 0 Å². The van der Waals surface area contributed by atoms with Crippen LogP contribution in [0.4, 0.5) is 8.78 Å². The summed E-state index contributed by atoms with van der Waals surface area (Å²) < 4.78 is 38.6. The molecule has 7 nitrogen and oxygen atoms in total. The maximum atomic E-state index is 13.7. The number of piperidine rings is 1. The minimum atomic E-state index is -1.64. The minimum Gasteiger partial charge on any atom is -0.493 e. The van der Waals surface area contributed by atoms with Crippen LogP contribution in [0.25, 0.3) is 0 Å². The zero-order valence-corrected chi connectivity index (χ0v) is 22.2. The van der Waals surface area contributed by atoms with E-state index in [1.54, 1.807) is 30.3 Å². The monoisotopic (exact) mass is 550 g/mol. The number of aliphatic hydroxyl groups excluding tert-OH is 1. The molecule has 1 unspecified atom stereocenters. The Morgan fingerprint density at radius 2 is 1.60 bits per heavy atom. The molecule has 4 rings (SSSR count). The van der Waals surface area contributed by atoms with Gasteiger partial charge in [0, 0.05) is 6.54 Å². The summed E-state index contributed by atoms with van der Waals surface area (Å²) in [4.78, 5) is 13.3. The van der Waals surface area contributed by atoms with Gasteiger partial charge in [-0.25, -0.2) is 13.6 Å². The Bertz CT molecular complexity index is 1290. The molecule has 0 saturated carbocycles. The van der Waals surface area contributed by atoms with Crippen molar-refractivity contribution in [1.82, 2.24) is 4.90 Å². The van der Waals surface area contributed by atoms with Crippen molar-refractivity contribution >= 4 is 5.97 Å². The number of halogens is 2. The second kappa shape index (κ2) is 12.9. The van der Waals surface area contributed by atoms with E-state index in [0.29, 0.717) is 29.2 Å². The van der Waals surface area contributed by atoms with Gasteiger partial charge in [0.25, 0.3) is 0 Å². The van der Waals surface area contributed by atoms with E-state index in [0.717, 1.165) is 38.9 Å². The molecule has 3 aromatic carbocycles. The van der Waals surface area contributed by atoms with Gasteiger partial charge in [-0.2, -0.15) is 5.26 Å². The topological polar surface area (TPSA) is 103 Å². The van der Waals surface area contributed by atoms with Gasteiger partial charge in [-0.1, -0.05) is 30.3 Å². The molecular weight excluding hydrogens is 518 g/mol. The maximum Gasteiger partial charge on any atom is 0.337 e. The number of hydrogen-bond donors (Lipinski definition) is 2. The van der Waals surface area contributed by atoms with Crippen molar-refractivity contribution in [3.63, 3.8) is 0 Å². The molecule has 0 amide bonds. The summed E-state index contributed by atoms with van der Waals surface area (Å²) in [5.41, 5.74) is 0.582. The van der Waals surface area contributed by atoms with E-state index in [-0.39, 0.29) is 23.1 Å². The first-order chi connectivity index (χ1) is 19.3. The SMILES string of the molecule is COc1cc(C(O)C(=O)O)ccc1OCCCN1CCC(C(C#N)(c2ccc(F)cc2)c2ccc(F)cc2)CC1. The summed E-state index contributed by atoms with van der Waals surface area (Å²) in [6.45, 7) is 2.71. The van der Waals surface area contributed by atoms with Crippen LogP contribution in [0.15, 0.2) is 66.7 Å². The van der Waals surface area contributed by atoms with E-state index in [4.69, 9.17) is 14.6 Å². The molecule has 0 aromatic heterocycles. The van der Waals surface area contributed by atoms with E-state index in [1.807, 2.05) is 0 Å². The average Bonchev–Trinajstić information content (AvgIpc) is 2.97. The van der Waals surface area contributed by atoms with Crippen LogP contribution in [0.2, 0.25) is 0 Å². The van der Waals surface area contributed by atoms with Gasteiger partial charge >= 0.3 is 5.97 Å². The molecule has 210 valence electrons. The second-order valence-electron chi connectivity index (χ2n) is 9.90. The number of carboxylic acid groups (broad SMARTS) is 1. The van der Waals surface area contributed by atoms with Gasteiger partial charge in [-0.05, 0) is 91.4 Å². The number of nitrogens with zero attached hydrogens (tertiary/aromatic N) is 2. The fourth-order valence-electron chi connectivity index (χ4n) is 5.46. The van der Waals surface area contributed by atoms with Gasteiger partial charge in [0.05, 0.1) is 19.8 Å². The Labute approximate surface area is 232 Å². The standard InChI is InChI=1S/C31H32F2N2O5/c1-39-28-19-21(29(36)30(37)38)3-12-27(28)40-18-2-15-35-16-13-24(14-17-35)31(20-34,22-4-8-25(32)9-5-22)23-6-10-26(33)11-7-23/h3-12,19,24,29,36H,2,13-18H2,1H3,(H,37,38). The molecule has 1 heterocycles. The Kier molecular flexibility index (Phi) is 9.35. The van der Waals surface area contributed by atoms with Crippen LogP contribution in [0, 0.1) is 28.9 Å². The van der Waals surface area contributed by atoms with Crippen molar-refractivity contribution in [2.24, 2.45) is 5.92 Å². The molecular formula is C31H32F2N2O5. The van der Waals surface area contributed by atoms with Crippen LogP contribution in [0.5, 0.6) is 11.5 Å². The third kappa shape index (κ3) is 6.24. The normalized spacial score (nSPS) is 15.3. The minimum absolute atomic E-state index is 0.0372. The van der Waals surface area contributed by atoms with Crippen LogP contribution >= 0.6 is 0 Å². The van der Waals surface area contributed by atoms with Gasteiger partial charge in [0.2, 0.25) is 0 Å². The summed E-state index contributed by atoms with van der Waals surface area (Å²) >= 11 is 0. The Morgan fingerprint density at radius 1 is 1.02 bits per heavy atom. The number of carbonyl (C=O) groups is 1. The highest BCUT2D eigenvalue weighted by Gasteiger charge is 2.43. The molecule has 0 radical (unpaired) electrons. The molecule has 0 spiro atoms. The molecule has 1 aliphatic heterocycles. The lowest BCUT2D eigenvalue weighted by Gasteiger charge is -2.41. The fraction of sp³-hybridized carbons (Fsp3) is 0.355. The van der Waals surface area contributed by atoms with Crippen LogP contribution in [-0.4, -0.2) is 54.4 Å². The zero-order valence-electron chi connectivity index (χ0n) is 22.2. The van der Waals surface area contributed by atoms with Gasteiger partial charge < -0.3 is 24.6 Å². The Hall–Kier alpha value is -4.00. The van der Waals surface area contributed by atoms with Crippen LogP contribution < -0.4 is 9.47 Å². The largest absolute Gasteiger partial charge is 0.493 e. The summed E-state index contributed by atoms with van der Waals surface area (Å²) in [7, 11) is 1.45. The van der Waals surface area contributed by atoms with Crippen LogP contribution in [-0.2, 0) is 10.2 Å². The highest BCUT2D eigenvalue weighted by Crippen LogP contribution is 2.44. The molecule has 9 heteroatoms. The van der Waals surface area contributed by atoms with E-state index in [1.165, 1.54) is 43.5 Å². The molecule has 40 heavy (non-hydrogen) atoms. The lowest BCUT2D eigenvalue weighted by Crippen LogP contribution is -2.44. The van der Waals surface area contributed by atoms with Crippen molar-refractivity contribution in [2.75, 3.05) is 33.4 Å². The van der Waals surface area contributed by atoms with Crippen molar-refractivity contribution in [3.05, 3.63) is 95.1 Å². The number of nitriles is 1. The molecule has 3 aromatic rings. The first-order valence-corrected chi connectivity index (χ1v) is 13.2. The summed E-state index contributed by atoms with van der Waals surface area (Å²) in [6.07, 6.45) is 0.568. The molecule has 1 atom stereocenters. The number of ether oxygens (including phenoxy) is 2. The molecule has 2 N–H and O–H groups in total. The van der Waals surface area contributed by atoms with Crippen LogP contribution in [0.1, 0.15) is 42.1 Å². The number of benzene rings is 3. The Balaban J connectivity index is 1.37. The van der Waals surface area contributed by atoms with Crippen molar-refractivity contribution in [2.45, 2.75) is 30.8 Å². The lowest BCUT2D eigenvalue weighted by molar-refractivity contribution is -0.146. The van der Waals surface area contributed by atoms with Crippen molar-refractivity contribution in [1.29, 1.82) is 5.26 Å². The molecule has 1 aliphatic rings. The number of aliphatic carboxylic acids is 1. The van der Waals surface area contributed by atoms with Gasteiger partial charge in [-0.15, -0.1) is 0 Å². The van der Waals surface area contributed by atoms with Crippen LogP contribution in [0.3, 0.4) is 0 Å². The van der Waals surface area contributed by atoms with Gasteiger partial charge in [0.15, 0.2) is 17.6 Å². The highest BCUT2D eigenvalue weighted by atomic mass is 19.1. The average molecular weight is 551 g/mol. The third-order valence-corrected chi connectivity index (χ3v) is 7.59. The van der Waals surface area contributed by atoms with E-state index in [2.05, 4.69) is 11.0 Å². The number of carboxylic acids is 1. The maximum absolute atomic E-state index is 13.7. The second-order valence-corrected chi connectivity index (χ2v) is 9.90. The quantitative estimate of drug-likeness (QED) is 0.321. The third-order valence-electron chi connectivity index (χ3n) is 7.59. The lowest BCUT2D eigenvalue weighted by atomic mass is 9.63. The number of hydrogen-bond acceptors (Lipinski definition) is 6. The number of rotatable bonds is 11. The zero-order chi connectivity index (χ0) is 28.7. The Morgan fingerprint density at radius 3 is 2.10 bits per heavy atom. The van der Waals surface area contributed by atoms with Crippen molar-refractivity contribution < 1.29 is 33.3 Å². The summed E-state index contributed by atoms with van der Waals surface area (Å²) in [5.74, 6) is -1.34. The molecule has 1 fully saturated rings. The van der Waals surface area contributed by atoms with Gasteiger partial charge in [-0.3, -0.25) is 0 Å². The number of aliphatic hydroxyl groups is 1. The predicted molar refractivity (Wildman–Crippen MR) is 144 cm³/mol. The molecule has 0 bridgehead atoms. The smallest absolute Gasteiger partial charge is 0.337 e. The first-order valence-electron chi connectivity index (χ1n) is 13.2. The number of methoxy groups -OCH3 is 1. The van der Waals surface area contributed by atoms with Gasteiger partial charge in [0.1, 0.15) is 17.0 Å². The molecule has 1 saturated heterocycles. The first kappa shape index (κ1) is 29.0.